The summed E-state index contributed by atoms with van der Waals surface area (Å²) in [6, 6.07) is 8.07. The first-order valence-electron chi connectivity index (χ1n) is 7.27. The van der Waals surface area contributed by atoms with Crippen molar-refractivity contribution in [3.05, 3.63) is 29.8 Å². The van der Waals surface area contributed by atoms with Crippen molar-refractivity contribution < 1.29 is 14.2 Å². The molecule has 0 amide bonds. The highest BCUT2D eigenvalue weighted by Crippen LogP contribution is 2.20. The molecule has 1 aromatic rings. The summed E-state index contributed by atoms with van der Waals surface area (Å²) >= 11 is 0. The number of hydrogen-bond acceptors (Lipinski definition) is 4. The zero-order chi connectivity index (χ0) is 14.6. The van der Waals surface area contributed by atoms with Crippen LogP contribution in [0.5, 0.6) is 5.75 Å². The van der Waals surface area contributed by atoms with Crippen LogP contribution in [0.4, 0.5) is 0 Å². The largest absolute Gasteiger partial charge is 0.497 e. The highest BCUT2D eigenvalue weighted by Gasteiger charge is 2.11. The zero-order valence-corrected chi connectivity index (χ0v) is 12.9. The van der Waals surface area contributed by atoms with E-state index in [2.05, 4.69) is 24.4 Å². The summed E-state index contributed by atoms with van der Waals surface area (Å²) in [7, 11) is 3.39. The molecule has 0 aliphatic rings. The summed E-state index contributed by atoms with van der Waals surface area (Å²) in [5.41, 5.74) is 1.17. The summed E-state index contributed by atoms with van der Waals surface area (Å²) in [5.74, 6) is 0.869. The van der Waals surface area contributed by atoms with Gasteiger partial charge < -0.3 is 19.5 Å². The molecule has 114 valence electrons. The van der Waals surface area contributed by atoms with Crippen molar-refractivity contribution >= 4 is 0 Å². The Morgan fingerprint density at radius 3 is 2.45 bits per heavy atom. The maximum atomic E-state index is 5.97. The molecule has 1 unspecified atom stereocenters. The predicted octanol–water partition coefficient (Wildman–Crippen LogP) is 2.79. The molecule has 1 atom stereocenters. The van der Waals surface area contributed by atoms with E-state index in [4.69, 9.17) is 14.2 Å². The molecule has 4 heteroatoms. The first-order chi connectivity index (χ1) is 9.81. The maximum Gasteiger partial charge on any atom is 0.118 e. The van der Waals surface area contributed by atoms with Gasteiger partial charge in [-0.1, -0.05) is 19.1 Å². The van der Waals surface area contributed by atoms with E-state index >= 15 is 0 Å². The monoisotopic (exact) mass is 281 g/mol. The third-order valence-corrected chi connectivity index (χ3v) is 3.06. The first-order valence-corrected chi connectivity index (χ1v) is 7.27. The van der Waals surface area contributed by atoms with Crippen LogP contribution in [-0.4, -0.2) is 40.5 Å². The van der Waals surface area contributed by atoms with Crippen LogP contribution >= 0.6 is 0 Å². The van der Waals surface area contributed by atoms with Crippen molar-refractivity contribution in [2.24, 2.45) is 0 Å². The first kappa shape index (κ1) is 17.0. The van der Waals surface area contributed by atoms with Crippen molar-refractivity contribution in [2.75, 3.05) is 40.5 Å². The fourth-order valence-corrected chi connectivity index (χ4v) is 1.93. The molecular formula is C16H27NO3. The van der Waals surface area contributed by atoms with Crippen molar-refractivity contribution in [2.45, 2.75) is 25.9 Å². The van der Waals surface area contributed by atoms with Gasteiger partial charge in [0.1, 0.15) is 5.75 Å². The topological polar surface area (TPSA) is 39.7 Å². The second kappa shape index (κ2) is 10.7. The third kappa shape index (κ3) is 6.37. The summed E-state index contributed by atoms with van der Waals surface area (Å²) < 4.78 is 16.2. The molecule has 0 saturated heterocycles. The number of benzene rings is 1. The summed E-state index contributed by atoms with van der Waals surface area (Å²) in [6.07, 6.45) is 2.11. The molecule has 0 bridgehead atoms. The second-order valence-electron chi connectivity index (χ2n) is 4.68. The van der Waals surface area contributed by atoms with E-state index in [0.717, 1.165) is 38.3 Å². The highest BCUT2D eigenvalue weighted by molar-refractivity contribution is 5.28. The number of nitrogens with one attached hydrogen (secondary N) is 1. The van der Waals surface area contributed by atoms with Gasteiger partial charge in [0.15, 0.2) is 0 Å². The molecule has 0 aromatic heterocycles. The number of ether oxygens (including phenoxy) is 3. The Hall–Kier alpha value is -1.10. The van der Waals surface area contributed by atoms with Gasteiger partial charge in [-0.15, -0.1) is 0 Å². The zero-order valence-electron chi connectivity index (χ0n) is 12.9. The van der Waals surface area contributed by atoms with E-state index in [0.29, 0.717) is 6.61 Å². The van der Waals surface area contributed by atoms with Crippen LogP contribution < -0.4 is 10.1 Å². The lowest BCUT2D eigenvalue weighted by molar-refractivity contribution is 0.0389. The quantitative estimate of drug-likeness (QED) is 0.633. The Balaban J connectivity index is 2.54. The van der Waals surface area contributed by atoms with E-state index in [1.165, 1.54) is 5.56 Å². The average molecular weight is 281 g/mol. The van der Waals surface area contributed by atoms with Gasteiger partial charge >= 0.3 is 0 Å². The summed E-state index contributed by atoms with van der Waals surface area (Å²) in [4.78, 5) is 0. The minimum Gasteiger partial charge on any atom is -0.497 e. The van der Waals surface area contributed by atoms with Gasteiger partial charge in [-0.25, -0.2) is 0 Å². The minimum atomic E-state index is 0.0734. The Bertz CT molecular complexity index is 340. The van der Waals surface area contributed by atoms with Crippen molar-refractivity contribution in [3.8, 4) is 5.75 Å². The molecule has 0 spiro atoms. The lowest BCUT2D eigenvalue weighted by Crippen LogP contribution is -2.24. The SMILES string of the molecule is CCCNCC(OCCCOC)c1ccc(OC)cc1. The van der Waals surface area contributed by atoms with Gasteiger partial charge in [-0.05, 0) is 37.1 Å². The Kier molecular flexibility index (Phi) is 9.04. The third-order valence-electron chi connectivity index (χ3n) is 3.06. The smallest absolute Gasteiger partial charge is 0.118 e. The predicted molar refractivity (Wildman–Crippen MR) is 81.3 cm³/mol. The molecule has 0 radical (unpaired) electrons. The molecule has 4 nitrogen and oxygen atoms in total. The average Bonchev–Trinajstić information content (AvgIpc) is 2.50. The van der Waals surface area contributed by atoms with Gasteiger partial charge in [-0.3, -0.25) is 0 Å². The highest BCUT2D eigenvalue weighted by atomic mass is 16.5. The lowest BCUT2D eigenvalue weighted by Gasteiger charge is -2.19. The van der Waals surface area contributed by atoms with Gasteiger partial charge in [0, 0.05) is 26.9 Å². The molecule has 0 aliphatic carbocycles. The van der Waals surface area contributed by atoms with Crippen molar-refractivity contribution in [3.63, 3.8) is 0 Å². The van der Waals surface area contributed by atoms with Crippen molar-refractivity contribution in [1.82, 2.24) is 5.32 Å². The van der Waals surface area contributed by atoms with Crippen LogP contribution in [-0.2, 0) is 9.47 Å². The molecule has 1 aromatic carbocycles. The van der Waals surface area contributed by atoms with Crippen molar-refractivity contribution in [1.29, 1.82) is 0 Å². The Labute approximate surface area is 122 Å². The van der Waals surface area contributed by atoms with Gasteiger partial charge in [0.2, 0.25) is 0 Å². The van der Waals surface area contributed by atoms with Gasteiger partial charge in [-0.2, -0.15) is 0 Å². The van der Waals surface area contributed by atoms with Crippen LogP contribution in [0.25, 0.3) is 0 Å². The standard InChI is InChI=1S/C16H27NO3/c1-4-10-17-13-16(20-12-5-11-18-2)14-6-8-15(19-3)9-7-14/h6-9,16-17H,4-5,10-13H2,1-3H3. The molecule has 0 heterocycles. The van der Waals surface area contributed by atoms with E-state index in [1.54, 1.807) is 14.2 Å². The van der Waals surface area contributed by atoms with Crippen LogP contribution in [0.2, 0.25) is 0 Å². The maximum absolute atomic E-state index is 5.97. The molecule has 0 aliphatic heterocycles. The van der Waals surface area contributed by atoms with Crippen LogP contribution in [0.3, 0.4) is 0 Å². The summed E-state index contributed by atoms with van der Waals surface area (Å²) in [6.45, 7) is 5.44. The lowest BCUT2D eigenvalue weighted by atomic mass is 10.1. The molecule has 0 saturated carbocycles. The molecular weight excluding hydrogens is 254 g/mol. The molecule has 0 fully saturated rings. The fraction of sp³-hybridized carbons (Fsp3) is 0.625. The Morgan fingerprint density at radius 2 is 1.85 bits per heavy atom. The molecule has 1 N–H and O–H groups in total. The van der Waals surface area contributed by atoms with E-state index in [-0.39, 0.29) is 6.10 Å². The fourth-order valence-electron chi connectivity index (χ4n) is 1.93. The second-order valence-corrected chi connectivity index (χ2v) is 4.68. The molecule has 1 rings (SSSR count). The van der Waals surface area contributed by atoms with Crippen LogP contribution in [0, 0.1) is 0 Å². The van der Waals surface area contributed by atoms with Crippen LogP contribution in [0.1, 0.15) is 31.4 Å². The van der Waals surface area contributed by atoms with E-state index < -0.39 is 0 Å². The number of rotatable bonds is 11. The normalized spacial score (nSPS) is 12.3. The Morgan fingerprint density at radius 1 is 1.10 bits per heavy atom. The minimum absolute atomic E-state index is 0.0734. The number of methoxy groups -OCH3 is 2. The van der Waals surface area contributed by atoms with E-state index in [9.17, 15) is 0 Å². The number of hydrogen-bond donors (Lipinski definition) is 1. The van der Waals surface area contributed by atoms with Gasteiger partial charge in [0.25, 0.3) is 0 Å². The molecule has 20 heavy (non-hydrogen) atoms. The summed E-state index contributed by atoms with van der Waals surface area (Å²) in [5, 5.41) is 3.42. The van der Waals surface area contributed by atoms with Crippen LogP contribution in [0.15, 0.2) is 24.3 Å². The van der Waals surface area contributed by atoms with Gasteiger partial charge in [0.05, 0.1) is 13.2 Å². The van der Waals surface area contributed by atoms with E-state index in [1.807, 2.05) is 12.1 Å².